The molecule has 0 N–H and O–H groups in total. The highest BCUT2D eigenvalue weighted by molar-refractivity contribution is 9.10. The van der Waals surface area contributed by atoms with Gasteiger partial charge in [-0.1, -0.05) is 15.9 Å². The molecule has 1 atom stereocenters. The van der Waals surface area contributed by atoms with E-state index in [1.165, 1.54) is 18.4 Å². The number of benzene rings is 1. The Labute approximate surface area is 109 Å². The Balaban J connectivity index is 2.10. The zero-order valence-electron chi connectivity index (χ0n) is 9.82. The largest absolute Gasteiger partial charge is 0.356 e. The van der Waals surface area contributed by atoms with Gasteiger partial charge in [0.1, 0.15) is 0 Å². The lowest BCUT2D eigenvalue weighted by Gasteiger charge is -2.23. The lowest BCUT2D eigenvalue weighted by Crippen LogP contribution is -2.18. The van der Waals surface area contributed by atoms with Gasteiger partial charge < -0.3 is 4.74 Å². The Hall–Kier alpha value is -0.870. The maximum atomic E-state index is 5.80. The topological polar surface area (TPSA) is 27.1 Å². The molecule has 3 nitrogen and oxygen atoms in total. The minimum atomic E-state index is 0.106. The average Bonchev–Trinajstić information content (AvgIpc) is 2.74. The molecule has 1 fully saturated rings. The lowest BCUT2D eigenvalue weighted by atomic mass is 10.1. The highest BCUT2D eigenvalue weighted by Gasteiger charge is 2.19. The van der Waals surface area contributed by atoms with Crippen molar-refractivity contribution in [1.82, 2.24) is 9.78 Å². The Kier molecular flexibility index (Phi) is 2.92. The van der Waals surface area contributed by atoms with E-state index in [0.29, 0.717) is 0 Å². The van der Waals surface area contributed by atoms with Crippen LogP contribution in [0.15, 0.2) is 22.8 Å². The van der Waals surface area contributed by atoms with Crippen LogP contribution in [0.4, 0.5) is 0 Å². The van der Waals surface area contributed by atoms with Crippen LogP contribution in [0, 0.1) is 6.92 Å². The molecule has 2 aromatic rings. The van der Waals surface area contributed by atoms with Gasteiger partial charge in [-0.25, -0.2) is 4.68 Å². The summed E-state index contributed by atoms with van der Waals surface area (Å²) < 4.78 is 8.92. The Bertz CT molecular complexity index is 544. The molecular formula is C13H15BrN2O. The summed E-state index contributed by atoms with van der Waals surface area (Å²) in [5.74, 6) is 0. The van der Waals surface area contributed by atoms with Gasteiger partial charge in [0, 0.05) is 16.5 Å². The van der Waals surface area contributed by atoms with E-state index in [2.05, 4.69) is 40.1 Å². The molecule has 2 heterocycles. The third-order valence-corrected chi connectivity index (χ3v) is 3.89. The maximum absolute atomic E-state index is 5.80. The molecule has 0 bridgehead atoms. The molecule has 1 unspecified atom stereocenters. The second-order valence-corrected chi connectivity index (χ2v) is 5.44. The molecule has 1 aliphatic heterocycles. The fourth-order valence-corrected chi connectivity index (χ4v) is 3.05. The van der Waals surface area contributed by atoms with Gasteiger partial charge in [-0.05, 0) is 43.9 Å². The third kappa shape index (κ3) is 2.00. The number of aryl methyl sites for hydroxylation is 1. The van der Waals surface area contributed by atoms with Crippen molar-refractivity contribution >= 4 is 26.8 Å². The quantitative estimate of drug-likeness (QED) is 0.800. The zero-order chi connectivity index (χ0) is 11.8. The summed E-state index contributed by atoms with van der Waals surface area (Å²) in [6, 6.07) is 4.29. The standard InChI is InChI=1S/C13H15BrN2O/c1-9-6-11(14)10-8-15-16(12(10)7-9)13-4-2-3-5-17-13/h6-8,13H,2-5H2,1H3. The molecule has 0 aliphatic carbocycles. The van der Waals surface area contributed by atoms with Crippen molar-refractivity contribution in [2.24, 2.45) is 0 Å². The lowest BCUT2D eigenvalue weighted by molar-refractivity contribution is -0.0366. The van der Waals surface area contributed by atoms with Crippen LogP contribution in [-0.4, -0.2) is 16.4 Å². The summed E-state index contributed by atoms with van der Waals surface area (Å²) in [5.41, 5.74) is 2.39. The molecule has 17 heavy (non-hydrogen) atoms. The van der Waals surface area contributed by atoms with Gasteiger partial charge in [-0.2, -0.15) is 5.10 Å². The second-order valence-electron chi connectivity index (χ2n) is 4.59. The van der Waals surface area contributed by atoms with Crippen molar-refractivity contribution in [3.05, 3.63) is 28.4 Å². The van der Waals surface area contributed by atoms with Gasteiger partial charge in [0.05, 0.1) is 11.7 Å². The molecule has 0 amide bonds. The van der Waals surface area contributed by atoms with Crippen LogP contribution < -0.4 is 0 Å². The van der Waals surface area contributed by atoms with Gasteiger partial charge in [0.2, 0.25) is 0 Å². The van der Waals surface area contributed by atoms with Gasteiger partial charge in [-0.15, -0.1) is 0 Å². The summed E-state index contributed by atoms with van der Waals surface area (Å²) in [6.45, 7) is 2.95. The van der Waals surface area contributed by atoms with Crippen molar-refractivity contribution in [1.29, 1.82) is 0 Å². The number of halogens is 1. The number of rotatable bonds is 1. The van der Waals surface area contributed by atoms with E-state index < -0.39 is 0 Å². The zero-order valence-corrected chi connectivity index (χ0v) is 11.4. The van der Waals surface area contributed by atoms with Crippen molar-refractivity contribution in [2.75, 3.05) is 6.61 Å². The minimum Gasteiger partial charge on any atom is -0.356 e. The highest BCUT2D eigenvalue weighted by Crippen LogP contribution is 2.30. The summed E-state index contributed by atoms with van der Waals surface area (Å²) in [7, 11) is 0. The Morgan fingerprint density at radius 2 is 2.29 bits per heavy atom. The first kappa shape index (κ1) is 11.2. The average molecular weight is 295 g/mol. The molecular weight excluding hydrogens is 280 g/mol. The maximum Gasteiger partial charge on any atom is 0.150 e. The van der Waals surface area contributed by atoms with Gasteiger partial charge >= 0.3 is 0 Å². The molecule has 4 heteroatoms. The van der Waals surface area contributed by atoms with E-state index >= 15 is 0 Å². The first-order valence-electron chi connectivity index (χ1n) is 6.00. The van der Waals surface area contributed by atoms with Crippen molar-refractivity contribution in [2.45, 2.75) is 32.4 Å². The normalized spacial score (nSPS) is 20.9. The van der Waals surface area contributed by atoms with E-state index in [9.17, 15) is 0 Å². The molecule has 0 spiro atoms. The molecule has 1 aliphatic rings. The van der Waals surface area contributed by atoms with E-state index in [1.54, 1.807) is 0 Å². The van der Waals surface area contributed by atoms with Crippen LogP contribution in [0.5, 0.6) is 0 Å². The second kappa shape index (κ2) is 4.42. The first-order chi connectivity index (χ1) is 8.25. The van der Waals surface area contributed by atoms with Crippen LogP contribution >= 0.6 is 15.9 Å². The monoisotopic (exact) mass is 294 g/mol. The molecule has 0 saturated carbocycles. The van der Waals surface area contributed by atoms with E-state index in [4.69, 9.17) is 4.74 Å². The summed E-state index contributed by atoms with van der Waals surface area (Å²) in [5, 5.41) is 5.64. The van der Waals surface area contributed by atoms with Gasteiger partial charge in [-0.3, -0.25) is 0 Å². The molecule has 1 saturated heterocycles. The number of fused-ring (bicyclic) bond motifs is 1. The smallest absolute Gasteiger partial charge is 0.150 e. The van der Waals surface area contributed by atoms with Crippen LogP contribution in [0.1, 0.15) is 31.1 Å². The fourth-order valence-electron chi connectivity index (χ4n) is 2.38. The molecule has 3 rings (SSSR count). The SMILES string of the molecule is Cc1cc(Br)c2cnn(C3CCCCO3)c2c1. The van der Waals surface area contributed by atoms with Crippen LogP contribution in [-0.2, 0) is 4.74 Å². The Morgan fingerprint density at radius 1 is 1.41 bits per heavy atom. The highest BCUT2D eigenvalue weighted by atomic mass is 79.9. The van der Waals surface area contributed by atoms with Crippen LogP contribution in [0.25, 0.3) is 10.9 Å². The van der Waals surface area contributed by atoms with Gasteiger partial charge in [0.25, 0.3) is 0 Å². The van der Waals surface area contributed by atoms with E-state index in [0.717, 1.165) is 28.4 Å². The summed E-state index contributed by atoms with van der Waals surface area (Å²) in [6.07, 6.45) is 5.46. The van der Waals surface area contributed by atoms with Crippen molar-refractivity contribution in [3.8, 4) is 0 Å². The molecule has 0 radical (unpaired) electrons. The van der Waals surface area contributed by atoms with Crippen molar-refractivity contribution < 1.29 is 4.74 Å². The molecule has 90 valence electrons. The number of ether oxygens (including phenoxy) is 1. The van der Waals surface area contributed by atoms with E-state index in [-0.39, 0.29) is 6.23 Å². The fraction of sp³-hybridized carbons (Fsp3) is 0.462. The Morgan fingerprint density at radius 3 is 3.06 bits per heavy atom. The van der Waals surface area contributed by atoms with Crippen LogP contribution in [0.3, 0.4) is 0 Å². The molecule has 1 aromatic heterocycles. The first-order valence-corrected chi connectivity index (χ1v) is 6.80. The third-order valence-electron chi connectivity index (χ3n) is 3.24. The van der Waals surface area contributed by atoms with Crippen LogP contribution in [0.2, 0.25) is 0 Å². The summed E-state index contributed by atoms with van der Waals surface area (Å²) in [4.78, 5) is 0. The number of nitrogens with zero attached hydrogens (tertiary/aromatic N) is 2. The predicted octanol–water partition coefficient (Wildman–Crippen LogP) is 3.81. The summed E-state index contributed by atoms with van der Waals surface area (Å²) >= 11 is 3.59. The number of hydrogen-bond donors (Lipinski definition) is 0. The number of aromatic nitrogens is 2. The van der Waals surface area contributed by atoms with E-state index in [1.807, 2.05) is 10.9 Å². The van der Waals surface area contributed by atoms with Crippen molar-refractivity contribution in [3.63, 3.8) is 0 Å². The number of hydrogen-bond acceptors (Lipinski definition) is 2. The molecule has 1 aromatic carbocycles. The minimum absolute atomic E-state index is 0.106. The van der Waals surface area contributed by atoms with Gasteiger partial charge in [0.15, 0.2) is 6.23 Å². The predicted molar refractivity (Wildman–Crippen MR) is 71.0 cm³/mol.